The third kappa shape index (κ3) is 3.75. The van der Waals surface area contributed by atoms with Crippen LogP contribution in [0.15, 0.2) is 35.8 Å². The predicted octanol–water partition coefficient (Wildman–Crippen LogP) is 3.11. The van der Waals surface area contributed by atoms with Crippen LogP contribution in [-0.2, 0) is 6.54 Å². The summed E-state index contributed by atoms with van der Waals surface area (Å²) in [5.74, 6) is -0.0875. The number of hydrogen-bond donors (Lipinski definition) is 1. The first-order valence-corrected chi connectivity index (χ1v) is 9.43. The Balaban J connectivity index is 0.00000196. The Labute approximate surface area is 162 Å². The molecule has 26 heavy (non-hydrogen) atoms. The van der Waals surface area contributed by atoms with Crippen LogP contribution in [0.25, 0.3) is 10.1 Å². The van der Waals surface area contributed by atoms with Crippen molar-refractivity contribution in [1.82, 2.24) is 25.2 Å². The number of nitrogens with one attached hydrogen (secondary N) is 1. The molecule has 0 radical (unpaired) electrons. The molecule has 0 bridgehead atoms. The van der Waals surface area contributed by atoms with Gasteiger partial charge in [0.1, 0.15) is 0 Å². The van der Waals surface area contributed by atoms with Crippen LogP contribution in [0.1, 0.15) is 34.9 Å². The molecule has 1 aromatic carbocycles. The molecule has 4 rings (SSSR count). The molecule has 1 saturated heterocycles. The molecule has 0 atom stereocenters. The molecule has 2 aromatic heterocycles. The first kappa shape index (κ1) is 18.8. The first-order valence-electron chi connectivity index (χ1n) is 8.55. The molecule has 1 amide bonds. The molecule has 0 spiro atoms. The van der Waals surface area contributed by atoms with Crippen molar-refractivity contribution >= 4 is 39.7 Å². The van der Waals surface area contributed by atoms with E-state index in [0.717, 1.165) is 25.9 Å². The van der Waals surface area contributed by atoms with Crippen molar-refractivity contribution < 1.29 is 4.79 Å². The molecule has 6 nitrogen and oxygen atoms in total. The van der Waals surface area contributed by atoms with E-state index in [9.17, 15) is 4.79 Å². The second-order valence-corrected chi connectivity index (χ2v) is 7.39. The summed E-state index contributed by atoms with van der Waals surface area (Å²) in [5, 5.41) is 15.0. The largest absolute Gasteiger partial charge is 0.336 e. The van der Waals surface area contributed by atoms with Gasteiger partial charge in [-0.1, -0.05) is 23.4 Å². The van der Waals surface area contributed by atoms with E-state index < -0.39 is 0 Å². The molecule has 0 unspecified atom stereocenters. The molecule has 1 fully saturated rings. The molecular weight excluding hydrogens is 370 g/mol. The SMILES string of the molecule is CN(Cc1csc2ccccc12)C(=O)c1cn(C2CCNCC2)nn1.Cl. The van der Waals surface area contributed by atoms with Crippen LogP contribution < -0.4 is 5.32 Å². The third-order valence-corrected chi connectivity index (χ3v) is 5.74. The fourth-order valence-electron chi connectivity index (χ4n) is 3.30. The van der Waals surface area contributed by atoms with Gasteiger partial charge >= 0.3 is 0 Å². The number of amides is 1. The summed E-state index contributed by atoms with van der Waals surface area (Å²) in [7, 11) is 1.82. The van der Waals surface area contributed by atoms with Gasteiger partial charge in [-0.3, -0.25) is 4.79 Å². The standard InChI is InChI=1S/C18H21N5OS.ClH/c1-22(10-13-12-25-17-5-3-2-4-15(13)17)18(24)16-11-23(21-20-16)14-6-8-19-9-7-14;/h2-5,11-12,14,19H,6-10H2,1H3;1H. The van der Waals surface area contributed by atoms with E-state index in [4.69, 9.17) is 0 Å². The van der Waals surface area contributed by atoms with E-state index in [1.807, 2.05) is 23.9 Å². The monoisotopic (exact) mass is 391 g/mol. The quantitative estimate of drug-likeness (QED) is 0.742. The number of thiophene rings is 1. The minimum Gasteiger partial charge on any atom is -0.336 e. The topological polar surface area (TPSA) is 63.1 Å². The van der Waals surface area contributed by atoms with Gasteiger partial charge in [0.25, 0.3) is 5.91 Å². The first-order chi connectivity index (χ1) is 12.2. The van der Waals surface area contributed by atoms with E-state index in [-0.39, 0.29) is 18.3 Å². The maximum atomic E-state index is 12.7. The smallest absolute Gasteiger partial charge is 0.276 e. The molecular formula is C18H22ClN5OS. The second-order valence-electron chi connectivity index (χ2n) is 6.48. The average Bonchev–Trinajstić information content (AvgIpc) is 3.30. The van der Waals surface area contributed by atoms with Crippen molar-refractivity contribution in [3.63, 3.8) is 0 Å². The number of nitrogens with zero attached hydrogens (tertiary/aromatic N) is 4. The summed E-state index contributed by atoms with van der Waals surface area (Å²) in [4.78, 5) is 14.4. The van der Waals surface area contributed by atoms with Crippen molar-refractivity contribution in [2.45, 2.75) is 25.4 Å². The van der Waals surface area contributed by atoms with Crippen LogP contribution >= 0.6 is 23.7 Å². The van der Waals surface area contributed by atoms with E-state index in [1.165, 1.54) is 15.6 Å². The summed E-state index contributed by atoms with van der Waals surface area (Å²) < 4.78 is 3.09. The number of halogens is 1. The predicted molar refractivity (Wildman–Crippen MR) is 106 cm³/mol. The van der Waals surface area contributed by atoms with Crippen molar-refractivity contribution in [2.75, 3.05) is 20.1 Å². The molecule has 1 aliphatic rings. The molecule has 1 aliphatic heterocycles. The van der Waals surface area contributed by atoms with Crippen LogP contribution in [0.2, 0.25) is 0 Å². The zero-order valence-corrected chi connectivity index (χ0v) is 16.2. The number of carbonyl (C=O) groups excluding carboxylic acids is 1. The highest BCUT2D eigenvalue weighted by Gasteiger charge is 2.21. The van der Waals surface area contributed by atoms with E-state index >= 15 is 0 Å². The lowest BCUT2D eigenvalue weighted by Crippen LogP contribution is -2.29. The highest BCUT2D eigenvalue weighted by Crippen LogP contribution is 2.26. The summed E-state index contributed by atoms with van der Waals surface area (Å²) in [6, 6.07) is 8.62. The molecule has 1 N–H and O–H groups in total. The number of piperidine rings is 1. The second kappa shape index (κ2) is 8.16. The van der Waals surface area contributed by atoms with Gasteiger partial charge in [-0.15, -0.1) is 28.8 Å². The van der Waals surface area contributed by atoms with Crippen LogP contribution in [-0.4, -0.2) is 45.9 Å². The van der Waals surface area contributed by atoms with Crippen molar-refractivity contribution in [1.29, 1.82) is 0 Å². The van der Waals surface area contributed by atoms with Crippen LogP contribution in [0.4, 0.5) is 0 Å². The Kier molecular flexibility index (Phi) is 5.90. The lowest BCUT2D eigenvalue weighted by atomic mass is 10.1. The highest BCUT2D eigenvalue weighted by atomic mass is 35.5. The Hall–Kier alpha value is -1.96. The van der Waals surface area contributed by atoms with Crippen molar-refractivity contribution in [3.8, 4) is 0 Å². The van der Waals surface area contributed by atoms with E-state index in [2.05, 4.69) is 33.1 Å². The summed E-state index contributed by atoms with van der Waals surface area (Å²) in [5.41, 5.74) is 1.59. The summed E-state index contributed by atoms with van der Waals surface area (Å²) in [6.45, 7) is 2.54. The Morgan fingerprint density at radius 2 is 2.12 bits per heavy atom. The maximum Gasteiger partial charge on any atom is 0.276 e. The Bertz CT molecular complexity index is 886. The van der Waals surface area contributed by atoms with Gasteiger partial charge in [0.05, 0.1) is 12.2 Å². The lowest BCUT2D eigenvalue weighted by Gasteiger charge is -2.22. The molecule has 0 aliphatic carbocycles. The van der Waals surface area contributed by atoms with Crippen LogP contribution in [0.3, 0.4) is 0 Å². The fourth-order valence-corrected chi connectivity index (χ4v) is 4.26. The van der Waals surface area contributed by atoms with Gasteiger partial charge in [-0.05, 0) is 48.3 Å². The fraction of sp³-hybridized carbons (Fsp3) is 0.389. The van der Waals surface area contributed by atoms with Crippen molar-refractivity contribution in [3.05, 3.63) is 47.1 Å². The maximum absolute atomic E-state index is 12.7. The average molecular weight is 392 g/mol. The number of aromatic nitrogens is 3. The van der Waals surface area contributed by atoms with Gasteiger partial charge in [0, 0.05) is 18.3 Å². The number of fused-ring (bicyclic) bond motifs is 1. The van der Waals surface area contributed by atoms with E-state index in [1.54, 1.807) is 22.4 Å². The molecule has 3 heterocycles. The molecule has 138 valence electrons. The lowest BCUT2D eigenvalue weighted by molar-refractivity contribution is 0.0780. The number of hydrogen-bond acceptors (Lipinski definition) is 5. The van der Waals surface area contributed by atoms with Gasteiger partial charge in [-0.2, -0.15) is 0 Å². The van der Waals surface area contributed by atoms with Crippen molar-refractivity contribution in [2.24, 2.45) is 0 Å². The highest BCUT2D eigenvalue weighted by molar-refractivity contribution is 7.17. The van der Waals surface area contributed by atoms with Gasteiger partial charge in [0.15, 0.2) is 5.69 Å². The Morgan fingerprint density at radius 3 is 2.92 bits per heavy atom. The van der Waals surface area contributed by atoms with Gasteiger partial charge in [0.2, 0.25) is 0 Å². The molecule has 3 aromatic rings. The minimum atomic E-state index is -0.0875. The third-order valence-electron chi connectivity index (χ3n) is 4.73. The van der Waals surface area contributed by atoms with Crippen LogP contribution in [0.5, 0.6) is 0 Å². The molecule has 0 saturated carbocycles. The number of carbonyl (C=O) groups is 1. The number of benzene rings is 1. The number of rotatable bonds is 4. The van der Waals surface area contributed by atoms with E-state index in [0.29, 0.717) is 18.3 Å². The minimum absolute atomic E-state index is 0. The van der Waals surface area contributed by atoms with Crippen LogP contribution in [0, 0.1) is 0 Å². The summed E-state index contributed by atoms with van der Waals surface area (Å²) in [6.07, 6.45) is 3.84. The van der Waals surface area contributed by atoms with Gasteiger partial charge < -0.3 is 10.2 Å². The zero-order chi connectivity index (χ0) is 17.2. The normalized spacial score (nSPS) is 15.0. The molecule has 8 heteroatoms. The zero-order valence-electron chi connectivity index (χ0n) is 14.6. The Morgan fingerprint density at radius 1 is 1.35 bits per heavy atom. The summed E-state index contributed by atoms with van der Waals surface area (Å²) >= 11 is 1.71. The van der Waals surface area contributed by atoms with Gasteiger partial charge in [-0.25, -0.2) is 4.68 Å².